The van der Waals surface area contributed by atoms with E-state index < -0.39 is 0 Å². The van der Waals surface area contributed by atoms with Gasteiger partial charge in [-0.05, 0) is 65.7 Å². The Labute approximate surface area is 123 Å². The van der Waals surface area contributed by atoms with Crippen molar-refractivity contribution in [3.63, 3.8) is 0 Å². The molecule has 1 saturated heterocycles. The van der Waals surface area contributed by atoms with Crippen molar-refractivity contribution >= 4 is 0 Å². The summed E-state index contributed by atoms with van der Waals surface area (Å²) in [7, 11) is 2.05. The summed E-state index contributed by atoms with van der Waals surface area (Å²) in [6.45, 7) is 8.79. The van der Waals surface area contributed by atoms with Crippen molar-refractivity contribution in [1.82, 2.24) is 20.2 Å². The second kappa shape index (κ2) is 7.14. The molecule has 2 unspecified atom stereocenters. The van der Waals surface area contributed by atoms with E-state index >= 15 is 0 Å². The molecule has 112 valence electrons. The highest BCUT2D eigenvalue weighted by Gasteiger charge is 2.33. The smallest absolute Gasteiger partial charge is 0.125 e. The maximum atomic E-state index is 4.72. The molecule has 0 bridgehead atoms. The fourth-order valence-corrected chi connectivity index (χ4v) is 3.37. The molecule has 4 heteroatoms. The number of aromatic nitrogens is 2. The van der Waals surface area contributed by atoms with Crippen LogP contribution in [0.25, 0.3) is 0 Å². The zero-order chi connectivity index (χ0) is 14.5. The summed E-state index contributed by atoms with van der Waals surface area (Å²) in [5.74, 6) is 1.50. The lowest BCUT2D eigenvalue weighted by Gasteiger charge is -2.37. The maximum absolute atomic E-state index is 4.72. The molecule has 0 aromatic carbocycles. The molecule has 1 aromatic heterocycles. The second-order valence-electron chi connectivity index (χ2n) is 6.12. The van der Waals surface area contributed by atoms with E-state index in [0.29, 0.717) is 18.0 Å². The Bertz CT molecular complexity index is 419. The Kier molecular flexibility index (Phi) is 5.49. The van der Waals surface area contributed by atoms with Gasteiger partial charge in [0.05, 0.1) is 11.7 Å². The number of nitrogens with zero attached hydrogens (tertiary/aromatic N) is 3. The van der Waals surface area contributed by atoms with Gasteiger partial charge < -0.3 is 5.32 Å². The van der Waals surface area contributed by atoms with E-state index in [1.165, 1.54) is 31.5 Å². The normalized spacial score (nSPS) is 24.9. The second-order valence-corrected chi connectivity index (χ2v) is 6.12. The van der Waals surface area contributed by atoms with E-state index in [1.54, 1.807) is 0 Å². The highest BCUT2D eigenvalue weighted by atomic mass is 15.2. The minimum atomic E-state index is 0.409. The summed E-state index contributed by atoms with van der Waals surface area (Å²) in [6, 6.07) is 3.06. The van der Waals surface area contributed by atoms with Crippen LogP contribution in [0.3, 0.4) is 0 Å². The van der Waals surface area contributed by atoms with Gasteiger partial charge in [0.25, 0.3) is 0 Å². The molecular formula is C16H28N4. The summed E-state index contributed by atoms with van der Waals surface area (Å²) in [4.78, 5) is 11.6. The zero-order valence-electron chi connectivity index (χ0n) is 13.3. The van der Waals surface area contributed by atoms with Crippen molar-refractivity contribution in [2.45, 2.75) is 52.1 Å². The molecule has 0 aliphatic carbocycles. The van der Waals surface area contributed by atoms with Crippen molar-refractivity contribution in [3.8, 4) is 0 Å². The van der Waals surface area contributed by atoms with Gasteiger partial charge >= 0.3 is 0 Å². The Morgan fingerprint density at radius 2 is 2.20 bits per heavy atom. The minimum absolute atomic E-state index is 0.409. The van der Waals surface area contributed by atoms with Gasteiger partial charge in [0.1, 0.15) is 5.82 Å². The summed E-state index contributed by atoms with van der Waals surface area (Å²) in [5, 5.41) is 3.37. The third-order valence-electron chi connectivity index (χ3n) is 4.28. The number of likely N-dealkylation sites (tertiary alicyclic amines) is 1. The molecule has 1 aliphatic rings. The van der Waals surface area contributed by atoms with Crippen LogP contribution in [0.15, 0.2) is 12.3 Å². The monoisotopic (exact) mass is 276 g/mol. The van der Waals surface area contributed by atoms with E-state index in [1.807, 2.05) is 20.2 Å². The lowest BCUT2D eigenvalue weighted by Crippen LogP contribution is -2.40. The molecule has 0 spiro atoms. The fourth-order valence-electron chi connectivity index (χ4n) is 3.37. The molecule has 20 heavy (non-hydrogen) atoms. The number of nitrogens with one attached hydrogen (secondary N) is 1. The first-order valence-corrected chi connectivity index (χ1v) is 7.83. The van der Waals surface area contributed by atoms with E-state index in [4.69, 9.17) is 4.98 Å². The van der Waals surface area contributed by atoms with Crippen molar-refractivity contribution in [2.24, 2.45) is 5.92 Å². The van der Waals surface area contributed by atoms with Crippen LogP contribution >= 0.6 is 0 Å². The molecule has 1 fully saturated rings. The Hall–Kier alpha value is -1.00. The van der Waals surface area contributed by atoms with E-state index in [0.717, 1.165) is 12.4 Å². The molecule has 0 radical (unpaired) electrons. The minimum Gasteiger partial charge on any atom is -0.319 e. The topological polar surface area (TPSA) is 41.0 Å². The highest BCUT2D eigenvalue weighted by Crippen LogP contribution is 2.35. The van der Waals surface area contributed by atoms with Gasteiger partial charge in [-0.15, -0.1) is 0 Å². The van der Waals surface area contributed by atoms with Crippen LogP contribution in [0.5, 0.6) is 0 Å². The first-order valence-electron chi connectivity index (χ1n) is 7.83. The summed E-state index contributed by atoms with van der Waals surface area (Å²) in [6.07, 6.45) is 5.78. The summed E-state index contributed by atoms with van der Waals surface area (Å²) < 4.78 is 0. The molecule has 2 heterocycles. The SMILES string of the molecule is CNCC1CCCCN(C(C)C)C1c1ccnc(C)n1. The van der Waals surface area contributed by atoms with Crippen LogP contribution < -0.4 is 5.32 Å². The van der Waals surface area contributed by atoms with Crippen LogP contribution in [-0.2, 0) is 0 Å². The van der Waals surface area contributed by atoms with Crippen LogP contribution in [0.1, 0.15) is 50.7 Å². The number of hydrogen-bond donors (Lipinski definition) is 1. The zero-order valence-corrected chi connectivity index (χ0v) is 13.3. The van der Waals surface area contributed by atoms with Gasteiger partial charge in [-0.3, -0.25) is 4.90 Å². The average molecular weight is 276 g/mol. The lowest BCUT2D eigenvalue weighted by atomic mass is 9.91. The largest absolute Gasteiger partial charge is 0.319 e. The first-order chi connectivity index (χ1) is 9.63. The van der Waals surface area contributed by atoms with E-state index in [-0.39, 0.29) is 0 Å². The van der Waals surface area contributed by atoms with Crippen molar-refractivity contribution in [2.75, 3.05) is 20.1 Å². The quantitative estimate of drug-likeness (QED) is 0.917. The summed E-state index contributed by atoms with van der Waals surface area (Å²) in [5.41, 5.74) is 1.19. The van der Waals surface area contributed by atoms with Gasteiger partial charge in [-0.2, -0.15) is 0 Å². The van der Waals surface area contributed by atoms with Gasteiger partial charge in [-0.1, -0.05) is 6.42 Å². The fraction of sp³-hybridized carbons (Fsp3) is 0.750. The Balaban J connectivity index is 2.36. The van der Waals surface area contributed by atoms with Crippen LogP contribution in [0, 0.1) is 12.8 Å². The van der Waals surface area contributed by atoms with Gasteiger partial charge in [0.15, 0.2) is 0 Å². The van der Waals surface area contributed by atoms with Gasteiger partial charge in [-0.25, -0.2) is 9.97 Å². The van der Waals surface area contributed by atoms with E-state index in [9.17, 15) is 0 Å². The summed E-state index contributed by atoms with van der Waals surface area (Å²) >= 11 is 0. The molecule has 2 atom stereocenters. The molecule has 1 aliphatic heterocycles. The first kappa shape index (κ1) is 15.4. The highest BCUT2D eigenvalue weighted by molar-refractivity contribution is 5.10. The molecule has 2 rings (SSSR count). The lowest BCUT2D eigenvalue weighted by molar-refractivity contribution is 0.115. The molecule has 0 saturated carbocycles. The van der Waals surface area contributed by atoms with Crippen LogP contribution in [-0.4, -0.2) is 41.0 Å². The standard InChI is InChI=1S/C16H28N4/c1-12(2)20-10-6-5-7-14(11-17-4)16(20)15-8-9-18-13(3)19-15/h8-9,12,14,16-17H,5-7,10-11H2,1-4H3. The third kappa shape index (κ3) is 3.55. The molecular weight excluding hydrogens is 248 g/mol. The van der Waals surface area contributed by atoms with Crippen molar-refractivity contribution < 1.29 is 0 Å². The third-order valence-corrected chi connectivity index (χ3v) is 4.28. The molecule has 1 aromatic rings. The molecule has 4 nitrogen and oxygen atoms in total. The van der Waals surface area contributed by atoms with E-state index in [2.05, 4.69) is 35.1 Å². The average Bonchev–Trinajstić information content (AvgIpc) is 2.61. The van der Waals surface area contributed by atoms with Crippen LogP contribution in [0.4, 0.5) is 0 Å². The van der Waals surface area contributed by atoms with Gasteiger partial charge in [0, 0.05) is 12.2 Å². The Morgan fingerprint density at radius 3 is 2.85 bits per heavy atom. The Morgan fingerprint density at radius 1 is 1.40 bits per heavy atom. The predicted octanol–water partition coefficient (Wildman–Crippen LogP) is 2.56. The van der Waals surface area contributed by atoms with Crippen molar-refractivity contribution in [3.05, 3.63) is 23.8 Å². The number of rotatable bonds is 4. The van der Waals surface area contributed by atoms with Crippen LogP contribution in [0.2, 0.25) is 0 Å². The van der Waals surface area contributed by atoms with Crippen molar-refractivity contribution in [1.29, 1.82) is 0 Å². The number of aryl methyl sites for hydroxylation is 1. The van der Waals surface area contributed by atoms with Gasteiger partial charge in [0.2, 0.25) is 0 Å². The number of hydrogen-bond acceptors (Lipinski definition) is 4. The molecule has 1 N–H and O–H groups in total. The maximum Gasteiger partial charge on any atom is 0.125 e. The molecule has 0 amide bonds. The predicted molar refractivity (Wildman–Crippen MR) is 82.6 cm³/mol.